The second-order valence-electron chi connectivity index (χ2n) is 2.56. The van der Waals surface area contributed by atoms with Crippen LogP contribution in [0.25, 0.3) is 0 Å². The van der Waals surface area contributed by atoms with Gasteiger partial charge in [0.25, 0.3) is 0 Å². The molecule has 0 saturated heterocycles. The van der Waals surface area contributed by atoms with Gasteiger partial charge in [-0.1, -0.05) is 32.6 Å². The SMILES string of the molecule is CCCCCCCC(=O)O.[Tl]. The maximum absolute atomic E-state index is 10.0. The van der Waals surface area contributed by atoms with E-state index in [4.69, 9.17) is 5.11 Å². The zero-order valence-corrected chi connectivity index (χ0v) is 11.7. The first kappa shape index (κ1) is 13.9. The Hall–Kier alpha value is 0.392. The fraction of sp³-hybridized carbons (Fsp3) is 0.875. The molecule has 0 aromatic carbocycles. The van der Waals surface area contributed by atoms with E-state index in [1.165, 1.54) is 19.3 Å². The van der Waals surface area contributed by atoms with Crippen molar-refractivity contribution in [2.24, 2.45) is 0 Å². The molecule has 0 aromatic heterocycles. The van der Waals surface area contributed by atoms with Crippen LogP contribution in [0, 0.1) is 0 Å². The molecule has 0 aliphatic rings. The van der Waals surface area contributed by atoms with Crippen LogP contribution in [0.1, 0.15) is 45.4 Å². The zero-order valence-electron chi connectivity index (χ0n) is 7.18. The van der Waals surface area contributed by atoms with Gasteiger partial charge in [0.05, 0.1) is 0 Å². The molecule has 1 radical (unpaired) electrons. The van der Waals surface area contributed by atoms with E-state index in [1.54, 1.807) is 0 Å². The average molecular weight is 349 g/mol. The van der Waals surface area contributed by atoms with Crippen molar-refractivity contribution < 1.29 is 9.90 Å². The van der Waals surface area contributed by atoms with E-state index in [0.717, 1.165) is 12.8 Å². The Bertz CT molecular complexity index is 94.1. The number of carboxylic acid groups (broad SMARTS) is 1. The van der Waals surface area contributed by atoms with Crippen molar-refractivity contribution in [3.05, 3.63) is 0 Å². The van der Waals surface area contributed by atoms with E-state index in [-0.39, 0.29) is 27.3 Å². The van der Waals surface area contributed by atoms with Crippen molar-refractivity contribution >= 4 is 33.3 Å². The van der Waals surface area contributed by atoms with Gasteiger partial charge in [0.15, 0.2) is 0 Å². The molecule has 0 aromatic rings. The number of hydrogen-bond donors (Lipinski definition) is 1. The minimum atomic E-state index is -0.670. The molecule has 0 heterocycles. The molecule has 0 rings (SSSR count). The predicted octanol–water partition coefficient (Wildman–Crippen LogP) is 2.05. The summed E-state index contributed by atoms with van der Waals surface area (Å²) in [4.78, 5) is 10.0. The Labute approximate surface area is 88.5 Å². The first-order valence-electron chi connectivity index (χ1n) is 3.99. The molecule has 63 valence electrons. The molecular weight excluding hydrogens is 332 g/mol. The van der Waals surface area contributed by atoms with Crippen LogP contribution in [0.3, 0.4) is 0 Å². The number of hydrogen-bond acceptors (Lipinski definition) is 1. The largest absolute Gasteiger partial charge is 0.481 e. The van der Waals surface area contributed by atoms with Crippen LogP contribution in [0.4, 0.5) is 0 Å². The molecule has 2 nitrogen and oxygen atoms in total. The third-order valence-corrected chi connectivity index (χ3v) is 1.49. The van der Waals surface area contributed by atoms with Crippen LogP contribution < -0.4 is 0 Å². The summed E-state index contributed by atoms with van der Waals surface area (Å²) in [5.74, 6) is -0.670. The summed E-state index contributed by atoms with van der Waals surface area (Å²) in [6.45, 7) is 2.15. The molecule has 3 heteroatoms. The zero-order chi connectivity index (χ0) is 7.82. The summed E-state index contributed by atoms with van der Waals surface area (Å²) in [5, 5.41) is 8.27. The Morgan fingerprint density at radius 3 is 2.18 bits per heavy atom. The van der Waals surface area contributed by atoms with Crippen molar-refractivity contribution in [1.29, 1.82) is 0 Å². The summed E-state index contributed by atoms with van der Waals surface area (Å²) < 4.78 is 0. The van der Waals surface area contributed by atoms with E-state index in [0.29, 0.717) is 6.42 Å². The van der Waals surface area contributed by atoms with Gasteiger partial charge in [0.1, 0.15) is 0 Å². The van der Waals surface area contributed by atoms with Gasteiger partial charge >= 0.3 is 5.97 Å². The van der Waals surface area contributed by atoms with Crippen molar-refractivity contribution in [2.45, 2.75) is 45.4 Å². The number of aliphatic carboxylic acids is 1. The Morgan fingerprint density at radius 1 is 1.18 bits per heavy atom. The molecule has 0 bridgehead atoms. The predicted molar refractivity (Wildman–Crippen MR) is 46.8 cm³/mol. The van der Waals surface area contributed by atoms with Gasteiger partial charge in [-0.25, -0.2) is 0 Å². The molecule has 0 fully saturated rings. The summed E-state index contributed by atoms with van der Waals surface area (Å²) in [6, 6.07) is 0. The van der Waals surface area contributed by atoms with Gasteiger partial charge in [-0.05, 0) is 6.42 Å². The van der Waals surface area contributed by atoms with Crippen molar-refractivity contribution in [3.63, 3.8) is 0 Å². The molecule has 0 saturated carbocycles. The van der Waals surface area contributed by atoms with E-state index < -0.39 is 5.97 Å². The van der Waals surface area contributed by atoms with Crippen LogP contribution in [0.15, 0.2) is 0 Å². The third-order valence-electron chi connectivity index (χ3n) is 1.49. The Kier molecular flexibility index (Phi) is 13.2. The summed E-state index contributed by atoms with van der Waals surface area (Å²) in [5.41, 5.74) is 0. The molecule has 0 aliphatic heterocycles. The molecule has 1 N–H and O–H groups in total. The van der Waals surface area contributed by atoms with E-state index >= 15 is 0 Å². The second kappa shape index (κ2) is 10.4. The van der Waals surface area contributed by atoms with Crippen molar-refractivity contribution in [1.82, 2.24) is 0 Å². The van der Waals surface area contributed by atoms with Crippen LogP contribution in [0.2, 0.25) is 0 Å². The molecule has 0 unspecified atom stereocenters. The normalized spacial score (nSPS) is 8.82. The molecule has 0 aliphatic carbocycles. The third kappa shape index (κ3) is 13.4. The molecule has 0 amide bonds. The van der Waals surface area contributed by atoms with Crippen molar-refractivity contribution in [3.8, 4) is 0 Å². The minimum absolute atomic E-state index is 0. The van der Waals surface area contributed by atoms with Crippen molar-refractivity contribution in [2.75, 3.05) is 0 Å². The fourth-order valence-corrected chi connectivity index (χ4v) is 0.880. The summed E-state index contributed by atoms with van der Waals surface area (Å²) >= 11 is 0. The summed E-state index contributed by atoms with van der Waals surface area (Å²) in [7, 11) is 0. The smallest absolute Gasteiger partial charge is 0.303 e. The molecule has 11 heavy (non-hydrogen) atoms. The first-order valence-corrected chi connectivity index (χ1v) is 3.99. The monoisotopic (exact) mass is 349 g/mol. The standard InChI is InChI=1S/C8H16O2.Tl/c1-2-3-4-5-6-7-8(9)10;/h2-7H2,1H3,(H,9,10);. The van der Waals surface area contributed by atoms with Gasteiger partial charge < -0.3 is 5.11 Å². The van der Waals surface area contributed by atoms with Gasteiger partial charge in [-0.2, -0.15) is 0 Å². The summed E-state index contributed by atoms with van der Waals surface area (Å²) in [6.07, 6.45) is 5.88. The van der Waals surface area contributed by atoms with Gasteiger partial charge in [-0.15, -0.1) is 0 Å². The molecular formula is C8H16O2Tl. The minimum Gasteiger partial charge on any atom is -0.481 e. The van der Waals surface area contributed by atoms with Gasteiger partial charge in [0.2, 0.25) is 0 Å². The number of rotatable bonds is 6. The quantitative estimate of drug-likeness (QED) is 0.589. The average Bonchev–Trinajstić information content (AvgIpc) is 1.87. The topological polar surface area (TPSA) is 37.3 Å². The first-order chi connectivity index (χ1) is 4.77. The molecule has 0 spiro atoms. The Morgan fingerprint density at radius 2 is 1.73 bits per heavy atom. The van der Waals surface area contributed by atoms with Crippen LogP contribution in [-0.4, -0.2) is 38.4 Å². The van der Waals surface area contributed by atoms with Gasteiger partial charge in [0, 0.05) is 33.7 Å². The van der Waals surface area contributed by atoms with Crippen LogP contribution in [-0.2, 0) is 4.79 Å². The van der Waals surface area contributed by atoms with Crippen LogP contribution in [0.5, 0.6) is 0 Å². The van der Waals surface area contributed by atoms with Crippen LogP contribution >= 0.6 is 0 Å². The number of carbonyl (C=O) groups is 1. The number of carboxylic acids is 1. The van der Waals surface area contributed by atoms with E-state index in [2.05, 4.69) is 6.92 Å². The second-order valence-corrected chi connectivity index (χ2v) is 2.56. The fourth-order valence-electron chi connectivity index (χ4n) is 0.880. The van der Waals surface area contributed by atoms with E-state index in [9.17, 15) is 4.79 Å². The van der Waals surface area contributed by atoms with E-state index in [1.807, 2.05) is 0 Å². The Balaban J connectivity index is 0. The molecule has 0 atom stereocenters. The number of unbranched alkanes of at least 4 members (excludes halogenated alkanes) is 4. The maximum atomic E-state index is 10.0. The maximum Gasteiger partial charge on any atom is 0.303 e. The van der Waals surface area contributed by atoms with Gasteiger partial charge in [-0.3, -0.25) is 4.79 Å².